The first-order valence-corrected chi connectivity index (χ1v) is 9.68. The van der Waals surface area contributed by atoms with Crippen LogP contribution in [-0.2, 0) is 22.5 Å². The molecule has 1 aromatic heterocycles. The van der Waals surface area contributed by atoms with Gasteiger partial charge >= 0.3 is 5.97 Å². The first kappa shape index (κ1) is 18.3. The minimum Gasteiger partial charge on any atom is -0.465 e. The molecule has 1 aliphatic rings. The smallest absolute Gasteiger partial charge is 0.340 e. The number of amides is 1. The molecule has 3 aromatic rings. The standard InChI is InChI=1S/C23H24N2O3/c1-28-23(27)20-14-25(21-12-5-4-11-19(20)21)15-22(26)24-13-17-9-6-8-16-7-2-3-10-18(16)17/h2-5,7,10-12,14,17H,6,8-9,13,15H2,1H3,(H,24,26). The maximum absolute atomic E-state index is 12.6. The van der Waals surface area contributed by atoms with Crippen LogP contribution in [0.1, 0.15) is 40.2 Å². The van der Waals surface area contributed by atoms with Crippen molar-refractivity contribution in [3.05, 3.63) is 71.4 Å². The van der Waals surface area contributed by atoms with Crippen molar-refractivity contribution >= 4 is 22.8 Å². The number of nitrogens with one attached hydrogen (secondary N) is 1. The van der Waals surface area contributed by atoms with Crippen molar-refractivity contribution in [2.75, 3.05) is 13.7 Å². The number of rotatable bonds is 5. The van der Waals surface area contributed by atoms with Gasteiger partial charge in [-0.25, -0.2) is 4.79 Å². The summed E-state index contributed by atoms with van der Waals surface area (Å²) in [5.41, 5.74) is 4.08. The normalized spacial score (nSPS) is 15.8. The third-order valence-corrected chi connectivity index (χ3v) is 5.55. The Hall–Kier alpha value is -3.08. The van der Waals surface area contributed by atoms with Crippen LogP contribution >= 0.6 is 0 Å². The van der Waals surface area contributed by atoms with E-state index in [-0.39, 0.29) is 12.5 Å². The molecule has 0 saturated heterocycles. The van der Waals surface area contributed by atoms with Gasteiger partial charge in [0.1, 0.15) is 6.54 Å². The fraction of sp³-hybridized carbons (Fsp3) is 0.304. The molecule has 0 spiro atoms. The van der Waals surface area contributed by atoms with Gasteiger partial charge in [-0.05, 0) is 36.5 Å². The summed E-state index contributed by atoms with van der Waals surface area (Å²) in [6.45, 7) is 0.810. The van der Waals surface area contributed by atoms with Gasteiger partial charge in [0.05, 0.1) is 12.7 Å². The number of carbonyl (C=O) groups is 2. The molecule has 0 fully saturated rings. The lowest BCUT2D eigenvalue weighted by atomic mass is 9.83. The number of nitrogens with zero attached hydrogens (tertiary/aromatic N) is 1. The zero-order valence-electron chi connectivity index (χ0n) is 16.0. The number of hydrogen-bond donors (Lipinski definition) is 1. The van der Waals surface area contributed by atoms with E-state index in [4.69, 9.17) is 4.74 Å². The molecule has 1 atom stereocenters. The molecule has 0 saturated carbocycles. The number of ether oxygens (including phenoxy) is 1. The number of fused-ring (bicyclic) bond motifs is 2. The fourth-order valence-corrected chi connectivity index (χ4v) is 4.16. The van der Waals surface area contributed by atoms with Crippen LogP contribution in [0, 0.1) is 0 Å². The Balaban J connectivity index is 1.47. The molecule has 1 amide bonds. The second-order valence-corrected chi connectivity index (χ2v) is 7.27. The molecule has 5 heteroatoms. The number of benzene rings is 2. The molecule has 2 aromatic carbocycles. The molecule has 4 rings (SSSR count). The van der Waals surface area contributed by atoms with Crippen molar-refractivity contribution in [1.29, 1.82) is 0 Å². The van der Waals surface area contributed by atoms with Gasteiger partial charge in [0.2, 0.25) is 5.91 Å². The lowest BCUT2D eigenvalue weighted by Gasteiger charge is -2.25. The molecular formula is C23H24N2O3. The van der Waals surface area contributed by atoms with Crippen LogP contribution < -0.4 is 5.32 Å². The van der Waals surface area contributed by atoms with Gasteiger partial charge in [0, 0.05) is 29.6 Å². The molecule has 1 unspecified atom stereocenters. The van der Waals surface area contributed by atoms with Crippen LogP contribution in [0.15, 0.2) is 54.7 Å². The van der Waals surface area contributed by atoms with Crippen LogP contribution in [0.25, 0.3) is 10.9 Å². The highest BCUT2D eigenvalue weighted by atomic mass is 16.5. The third kappa shape index (κ3) is 3.52. The second kappa shape index (κ2) is 7.89. The summed E-state index contributed by atoms with van der Waals surface area (Å²) < 4.78 is 6.68. The van der Waals surface area contributed by atoms with Crippen molar-refractivity contribution in [3.63, 3.8) is 0 Å². The highest BCUT2D eigenvalue weighted by Gasteiger charge is 2.21. The molecule has 1 aliphatic carbocycles. The third-order valence-electron chi connectivity index (χ3n) is 5.55. The van der Waals surface area contributed by atoms with E-state index >= 15 is 0 Å². The van der Waals surface area contributed by atoms with Crippen LogP contribution in [0.3, 0.4) is 0 Å². The fourth-order valence-electron chi connectivity index (χ4n) is 4.16. The minimum atomic E-state index is -0.394. The van der Waals surface area contributed by atoms with Crippen molar-refractivity contribution in [2.45, 2.75) is 31.7 Å². The maximum Gasteiger partial charge on any atom is 0.340 e. The topological polar surface area (TPSA) is 60.3 Å². The largest absolute Gasteiger partial charge is 0.465 e. The van der Waals surface area contributed by atoms with Gasteiger partial charge in [-0.1, -0.05) is 42.5 Å². The average molecular weight is 376 g/mol. The summed E-state index contributed by atoms with van der Waals surface area (Å²) in [7, 11) is 1.36. The SMILES string of the molecule is COC(=O)c1cn(CC(=O)NCC2CCCc3ccccc32)c2ccccc12. The van der Waals surface area contributed by atoms with E-state index in [1.165, 1.54) is 18.2 Å². The van der Waals surface area contributed by atoms with Crippen LogP contribution in [0.2, 0.25) is 0 Å². The lowest BCUT2D eigenvalue weighted by molar-refractivity contribution is -0.121. The average Bonchev–Trinajstić information content (AvgIpc) is 3.10. The van der Waals surface area contributed by atoms with Crippen LogP contribution in [0.5, 0.6) is 0 Å². The predicted molar refractivity (Wildman–Crippen MR) is 108 cm³/mol. The van der Waals surface area contributed by atoms with E-state index < -0.39 is 5.97 Å². The van der Waals surface area contributed by atoms with Crippen molar-refractivity contribution in [3.8, 4) is 0 Å². The monoisotopic (exact) mass is 376 g/mol. The van der Waals surface area contributed by atoms with E-state index in [0.29, 0.717) is 18.0 Å². The Kier molecular flexibility index (Phi) is 5.15. The zero-order valence-corrected chi connectivity index (χ0v) is 16.0. The molecule has 5 nitrogen and oxygen atoms in total. The summed E-state index contributed by atoms with van der Waals surface area (Å²) in [4.78, 5) is 24.7. The number of carbonyl (C=O) groups excluding carboxylic acids is 2. The summed E-state index contributed by atoms with van der Waals surface area (Å²) in [5.74, 6) is -0.0877. The Bertz CT molecular complexity index is 1020. The summed E-state index contributed by atoms with van der Waals surface area (Å²) >= 11 is 0. The Labute approximate surface area is 164 Å². The number of esters is 1. The van der Waals surface area contributed by atoms with Gasteiger partial charge in [-0.2, -0.15) is 0 Å². The summed E-state index contributed by atoms with van der Waals surface area (Å²) in [6.07, 6.45) is 5.07. The van der Waals surface area contributed by atoms with E-state index in [0.717, 1.165) is 30.2 Å². The van der Waals surface area contributed by atoms with Gasteiger partial charge in [-0.3, -0.25) is 4.79 Å². The Morgan fingerprint density at radius 1 is 1.14 bits per heavy atom. The number of methoxy groups -OCH3 is 1. The van der Waals surface area contributed by atoms with E-state index in [1.807, 2.05) is 28.8 Å². The first-order valence-electron chi connectivity index (χ1n) is 9.68. The molecule has 0 bridgehead atoms. The van der Waals surface area contributed by atoms with Gasteiger partial charge < -0.3 is 14.6 Å². The molecule has 1 heterocycles. The Morgan fingerprint density at radius 2 is 1.93 bits per heavy atom. The zero-order chi connectivity index (χ0) is 19.5. The molecule has 0 radical (unpaired) electrons. The quantitative estimate of drug-likeness (QED) is 0.691. The van der Waals surface area contributed by atoms with Crippen molar-refractivity contribution < 1.29 is 14.3 Å². The maximum atomic E-state index is 12.6. The highest BCUT2D eigenvalue weighted by Crippen LogP contribution is 2.30. The molecule has 144 valence electrons. The van der Waals surface area contributed by atoms with Gasteiger partial charge in [0.15, 0.2) is 0 Å². The van der Waals surface area contributed by atoms with E-state index in [2.05, 4.69) is 29.6 Å². The van der Waals surface area contributed by atoms with Crippen molar-refractivity contribution in [2.24, 2.45) is 0 Å². The second-order valence-electron chi connectivity index (χ2n) is 7.27. The molecule has 28 heavy (non-hydrogen) atoms. The Morgan fingerprint density at radius 3 is 2.79 bits per heavy atom. The van der Waals surface area contributed by atoms with Crippen molar-refractivity contribution in [1.82, 2.24) is 9.88 Å². The lowest BCUT2D eigenvalue weighted by Crippen LogP contribution is -2.32. The highest BCUT2D eigenvalue weighted by molar-refractivity contribution is 6.04. The van der Waals surface area contributed by atoms with Crippen LogP contribution in [0.4, 0.5) is 0 Å². The minimum absolute atomic E-state index is 0.0553. The first-order chi connectivity index (χ1) is 13.7. The summed E-state index contributed by atoms with van der Waals surface area (Å²) in [6, 6.07) is 16.1. The predicted octanol–water partition coefficient (Wildman–Crippen LogP) is 3.66. The van der Waals surface area contributed by atoms with E-state index in [1.54, 1.807) is 6.20 Å². The van der Waals surface area contributed by atoms with Gasteiger partial charge in [0.25, 0.3) is 0 Å². The van der Waals surface area contributed by atoms with Gasteiger partial charge in [-0.15, -0.1) is 0 Å². The molecular weight excluding hydrogens is 352 g/mol. The number of para-hydroxylation sites is 1. The number of aromatic nitrogens is 1. The summed E-state index contributed by atoms with van der Waals surface area (Å²) in [5, 5.41) is 3.88. The molecule has 1 N–H and O–H groups in total. The molecule has 0 aliphatic heterocycles. The van der Waals surface area contributed by atoms with E-state index in [9.17, 15) is 9.59 Å². The number of aryl methyl sites for hydroxylation is 1. The number of hydrogen-bond acceptors (Lipinski definition) is 3. The van der Waals surface area contributed by atoms with Crippen LogP contribution in [-0.4, -0.2) is 30.1 Å².